The topological polar surface area (TPSA) is 34.1 Å². The van der Waals surface area contributed by atoms with Crippen molar-refractivity contribution in [2.45, 2.75) is 43.1 Å². The monoisotopic (exact) mass is 254 g/mol. The Morgan fingerprint density at radius 3 is 1.83 bits per heavy atom. The minimum atomic E-state index is -2.96. The molecule has 1 aliphatic carbocycles. The van der Waals surface area contributed by atoms with E-state index in [1.54, 1.807) is 20.8 Å². The van der Waals surface area contributed by atoms with Crippen LogP contribution in [0.5, 0.6) is 0 Å². The first-order chi connectivity index (χ1) is 5.27. The maximum atomic E-state index is 11.9. The number of sulfone groups is 1. The molecule has 0 atom stereocenters. The zero-order chi connectivity index (χ0) is 9.62. The van der Waals surface area contributed by atoms with Gasteiger partial charge in [0.2, 0.25) is 0 Å². The predicted octanol–water partition coefficient (Wildman–Crippen LogP) is 2.13. The molecule has 0 aromatic carbocycles. The molecule has 12 heavy (non-hydrogen) atoms. The molecule has 2 nitrogen and oxygen atoms in total. The summed E-state index contributed by atoms with van der Waals surface area (Å²) in [4.78, 5) is 0. The fraction of sp³-hybridized carbons (Fsp3) is 1.00. The quantitative estimate of drug-likeness (QED) is 0.708. The van der Waals surface area contributed by atoms with E-state index in [-0.39, 0.29) is 0 Å². The van der Waals surface area contributed by atoms with E-state index in [2.05, 4.69) is 15.9 Å². The van der Waals surface area contributed by atoms with Gasteiger partial charge in [0, 0.05) is 5.33 Å². The SMILES string of the molecule is CC(C)(C)S(=O)(=O)C1(CBr)CC1. The molecule has 1 rings (SSSR count). The molecule has 0 amide bonds. The zero-order valence-corrected chi connectivity index (χ0v) is 10.1. The normalized spacial score (nSPS) is 22.3. The lowest BCUT2D eigenvalue weighted by Crippen LogP contribution is -2.39. The maximum absolute atomic E-state index is 11.9. The molecule has 0 saturated heterocycles. The first-order valence-corrected chi connectivity index (χ1v) is 6.67. The van der Waals surface area contributed by atoms with Crippen LogP contribution in [-0.2, 0) is 9.84 Å². The Morgan fingerprint density at radius 2 is 1.75 bits per heavy atom. The lowest BCUT2D eigenvalue weighted by atomic mass is 10.3. The van der Waals surface area contributed by atoms with Crippen molar-refractivity contribution in [2.75, 3.05) is 5.33 Å². The summed E-state index contributed by atoms with van der Waals surface area (Å²) in [6, 6.07) is 0. The fourth-order valence-electron chi connectivity index (χ4n) is 1.26. The van der Waals surface area contributed by atoms with Crippen LogP contribution in [-0.4, -0.2) is 23.2 Å². The molecule has 0 unspecified atom stereocenters. The van der Waals surface area contributed by atoms with Crippen LogP contribution in [0, 0.1) is 0 Å². The van der Waals surface area contributed by atoms with E-state index in [4.69, 9.17) is 0 Å². The summed E-state index contributed by atoms with van der Waals surface area (Å²) in [5.74, 6) is 0. The first kappa shape index (κ1) is 10.5. The predicted molar refractivity (Wildman–Crippen MR) is 54.4 cm³/mol. The summed E-state index contributed by atoms with van der Waals surface area (Å²) in [5.41, 5.74) is 0. The Kier molecular flexibility index (Phi) is 2.37. The van der Waals surface area contributed by atoms with Crippen molar-refractivity contribution in [1.82, 2.24) is 0 Å². The van der Waals surface area contributed by atoms with E-state index < -0.39 is 19.3 Å². The van der Waals surface area contributed by atoms with Gasteiger partial charge in [-0.2, -0.15) is 0 Å². The van der Waals surface area contributed by atoms with E-state index >= 15 is 0 Å². The van der Waals surface area contributed by atoms with Gasteiger partial charge in [0.05, 0.1) is 9.49 Å². The molecule has 0 bridgehead atoms. The first-order valence-electron chi connectivity index (χ1n) is 4.07. The van der Waals surface area contributed by atoms with Crippen LogP contribution in [0.3, 0.4) is 0 Å². The summed E-state index contributed by atoms with van der Waals surface area (Å²) < 4.78 is 22.8. The largest absolute Gasteiger partial charge is 0.228 e. The second kappa shape index (κ2) is 2.71. The van der Waals surface area contributed by atoms with Crippen molar-refractivity contribution in [3.8, 4) is 0 Å². The van der Waals surface area contributed by atoms with E-state index in [9.17, 15) is 8.42 Å². The van der Waals surface area contributed by atoms with Gasteiger partial charge in [-0.05, 0) is 33.6 Å². The Balaban J connectivity index is 3.03. The van der Waals surface area contributed by atoms with Crippen LogP contribution >= 0.6 is 15.9 Å². The highest BCUT2D eigenvalue weighted by Crippen LogP contribution is 2.49. The number of hydrogen-bond acceptors (Lipinski definition) is 2. The molecule has 1 aliphatic rings. The van der Waals surface area contributed by atoms with Crippen LogP contribution in [0.4, 0.5) is 0 Å². The molecule has 0 aliphatic heterocycles. The summed E-state index contributed by atoms with van der Waals surface area (Å²) >= 11 is 3.28. The Bertz CT molecular complexity index is 270. The summed E-state index contributed by atoms with van der Waals surface area (Å²) in [6.45, 7) is 5.31. The van der Waals surface area contributed by atoms with Crippen LogP contribution in [0.25, 0.3) is 0 Å². The summed E-state index contributed by atoms with van der Waals surface area (Å²) in [5, 5.41) is 0.583. The number of alkyl halides is 1. The van der Waals surface area contributed by atoms with Gasteiger partial charge in [0.15, 0.2) is 9.84 Å². The van der Waals surface area contributed by atoms with Crippen molar-refractivity contribution < 1.29 is 8.42 Å². The van der Waals surface area contributed by atoms with E-state index in [0.717, 1.165) is 12.8 Å². The van der Waals surface area contributed by atoms with Crippen LogP contribution in [0.15, 0.2) is 0 Å². The number of hydrogen-bond donors (Lipinski definition) is 0. The third-order valence-electron chi connectivity index (χ3n) is 2.43. The highest BCUT2D eigenvalue weighted by Gasteiger charge is 2.57. The molecule has 72 valence electrons. The van der Waals surface area contributed by atoms with Crippen LogP contribution < -0.4 is 0 Å². The van der Waals surface area contributed by atoms with Crippen LogP contribution in [0.1, 0.15) is 33.6 Å². The summed E-state index contributed by atoms with van der Waals surface area (Å²) in [7, 11) is -2.96. The van der Waals surface area contributed by atoms with Gasteiger partial charge in [-0.25, -0.2) is 8.42 Å². The van der Waals surface area contributed by atoms with Gasteiger partial charge in [-0.15, -0.1) is 0 Å². The lowest BCUT2D eigenvalue weighted by Gasteiger charge is -2.25. The molecular formula is C8H15BrO2S. The van der Waals surface area contributed by atoms with Crippen molar-refractivity contribution in [2.24, 2.45) is 0 Å². The van der Waals surface area contributed by atoms with Gasteiger partial charge < -0.3 is 0 Å². The van der Waals surface area contributed by atoms with E-state index in [1.807, 2.05) is 0 Å². The van der Waals surface area contributed by atoms with Crippen molar-refractivity contribution in [3.05, 3.63) is 0 Å². The molecule has 0 heterocycles. The maximum Gasteiger partial charge on any atom is 0.161 e. The fourth-order valence-corrected chi connectivity index (χ4v) is 4.81. The van der Waals surface area contributed by atoms with Crippen molar-refractivity contribution >= 4 is 25.8 Å². The van der Waals surface area contributed by atoms with Crippen molar-refractivity contribution in [3.63, 3.8) is 0 Å². The molecule has 1 fully saturated rings. The second-order valence-electron chi connectivity index (χ2n) is 4.43. The third kappa shape index (κ3) is 1.33. The van der Waals surface area contributed by atoms with Gasteiger partial charge in [0.25, 0.3) is 0 Å². The molecule has 0 aromatic rings. The minimum Gasteiger partial charge on any atom is -0.228 e. The summed E-state index contributed by atoms with van der Waals surface area (Å²) in [6.07, 6.45) is 1.63. The van der Waals surface area contributed by atoms with Gasteiger partial charge >= 0.3 is 0 Å². The average molecular weight is 255 g/mol. The van der Waals surface area contributed by atoms with E-state index in [0.29, 0.717) is 5.33 Å². The third-order valence-corrected chi connectivity index (χ3v) is 7.18. The smallest absolute Gasteiger partial charge is 0.161 e. The van der Waals surface area contributed by atoms with Crippen molar-refractivity contribution in [1.29, 1.82) is 0 Å². The molecule has 0 N–H and O–H groups in total. The molecule has 4 heteroatoms. The molecular weight excluding hydrogens is 240 g/mol. The standard InChI is InChI=1S/C8H15BrO2S/c1-7(2,3)12(10,11)8(6-9)4-5-8/h4-6H2,1-3H3. The van der Waals surface area contributed by atoms with Gasteiger partial charge in [0.1, 0.15) is 0 Å². The highest BCUT2D eigenvalue weighted by atomic mass is 79.9. The minimum absolute atomic E-state index is 0.439. The Morgan fingerprint density at radius 1 is 1.33 bits per heavy atom. The van der Waals surface area contributed by atoms with Crippen LogP contribution in [0.2, 0.25) is 0 Å². The average Bonchev–Trinajstić information content (AvgIpc) is 2.64. The molecule has 0 spiro atoms. The molecule has 0 aromatic heterocycles. The Hall–Kier alpha value is 0.430. The lowest BCUT2D eigenvalue weighted by molar-refractivity contribution is 0.546. The molecule has 1 saturated carbocycles. The highest BCUT2D eigenvalue weighted by molar-refractivity contribution is 9.09. The number of rotatable bonds is 2. The molecule has 0 radical (unpaired) electrons. The van der Waals surface area contributed by atoms with E-state index in [1.165, 1.54) is 0 Å². The van der Waals surface area contributed by atoms with Gasteiger partial charge in [-0.1, -0.05) is 15.9 Å². The second-order valence-corrected chi connectivity index (χ2v) is 8.09. The van der Waals surface area contributed by atoms with Gasteiger partial charge in [-0.3, -0.25) is 0 Å². The Labute approximate surface area is 82.8 Å². The zero-order valence-electron chi connectivity index (χ0n) is 7.72. The number of halogens is 1.